The molecule has 112 valence electrons. The van der Waals surface area contributed by atoms with Crippen molar-refractivity contribution < 1.29 is 14.3 Å². The predicted octanol–water partition coefficient (Wildman–Crippen LogP) is 0.954. The van der Waals surface area contributed by atoms with Gasteiger partial charge in [-0.3, -0.25) is 9.59 Å². The lowest BCUT2D eigenvalue weighted by atomic mass is 9.69. The van der Waals surface area contributed by atoms with Crippen LogP contribution in [0.4, 0.5) is 0 Å². The minimum Gasteiger partial charge on any atom is -0.384 e. The molecule has 1 aliphatic carbocycles. The van der Waals surface area contributed by atoms with Crippen molar-refractivity contribution in [3.63, 3.8) is 0 Å². The highest BCUT2D eigenvalue weighted by Crippen LogP contribution is 2.40. The summed E-state index contributed by atoms with van der Waals surface area (Å²) in [7, 11) is 1.70. The molecule has 1 N–H and O–H groups in total. The van der Waals surface area contributed by atoms with E-state index in [1.807, 2.05) is 0 Å². The van der Waals surface area contributed by atoms with Crippen LogP contribution in [0.2, 0.25) is 0 Å². The largest absolute Gasteiger partial charge is 0.384 e. The van der Waals surface area contributed by atoms with E-state index in [1.165, 1.54) is 6.42 Å². The second kappa shape index (κ2) is 6.39. The maximum atomic E-state index is 12.2. The second-order valence-electron chi connectivity index (χ2n) is 5.99. The van der Waals surface area contributed by atoms with Gasteiger partial charge in [-0.15, -0.1) is 6.58 Å². The first kappa shape index (κ1) is 15.0. The van der Waals surface area contributed by atoms with Crippen LogP contribution in [0.15, 0.2) is 12.7 Å². The maximum absolute atomic E-state index is 12.2. The summed E-state index contributed by atoms with van der Waals surface area (Å²) in [5.74, 6) is -0.185. The normalized spacial score (nSPS) is 24.4. The second-order valence-corrected chi connectivity index (χ2v) is 5.99. The average Bonchev–Trinajstić information content (AvgIpc) is 2.74. The third-order valence-electron chi connectivity index (χ3n) is 4.44. The topological polar surface area (TPSA) is 58.6 Å². The molecule has 0 spiro atoms. The Morgan fingerprint density at radius 2 is 2.35 bits per heavy atom. The van der Waals surface area contributed by atoms with Gasteiger partial charge < -0.3 is 15.0 Å². The zero-order chi connectivity index (χ0) is 14.6. The van der Waals surface area contributed by atoms with E-state index in [4.69, 9.17) is 4.74 Å². The van der Waals surface area contributed by atoms with Crippen molar-refractivity contribution in [1.29, 1.82) is 0 Å². The number of rotatable bonds is 7. The summed E-state index contributed by atoms with van der Waals surface area (Å²) in [6, 6.07) is 0. The smallest absolute Gasteiger partial charge is 0.225 e. The molecule has 5 nitrogen and oxygen atoms in total. The number of amides is 2. The van der Waals surface area contributed by atoms with Gasteiger partial charge in [0, 0.05) is 38.6 Å². The number of methoxy groups -OCH3 is 1. The SMILES string of the molecule is C=CCN1CC(C(=O)NCC2(COC)CCC2)CC1=O. The molecule has 0 aromatic heterocycles. The van der Waals surface area contributed by atoms with E-state index in [9.17, 15) is 9.59 Å². The fraction of sp³-hybridized carbons (Fsp3) is 0.733. The van der Waals surface area contributed by atoms with E-state index < -0.39 is 0 Å². The number of nitrogens with zero attached hydrogens (tertiary/aromatic N) is 1. The summed E-state index contributed by atoms with van der Waals surface area (Å²) in [6.07, 6.45) is 5.42. The van der Waals surface area contributed by atoms with Crippen LogP contribution in [0.5, 0.6) is 0 Å². The van der Waals surface area contributed by atoms with Gasteiger partial charge in [-0.2, -0.15) is 0 Å². The molecule has 2 aliphatic rings. The van der Waals surface area contributed by atoms with E-state index in [0.29, 0.717) is 32.7 Å². The molecule has 2 amide bonds. The molecule has 1 unspecified atom stereocenters. The molecule has 0 aromatic rings. The molecule has 0 aromatic carbocycles. The van der Waals surface area contributed by atoms with Gasteiger partial charge >= 0.3 is 0 Å². The first-order chi connectivity index (χ1) is 9.60. The summed E-state index contributed by atoms with van der Waals surface area (Å²) in [5.41, 5.74) is 0.119. The van der Waals surface area contributed by atoms with Gasteiger partial charge in [0.15, 0.2) is 0 Å². The number of likely N-dealkylation sites (tertiary alicyclic amines) is 1. The van der Waals surface area contributed by atoms with Gasteiger partial charge in [-0.1, -0.05) is 12.5 Å². The van der Waals surface area contributed by atoms with Gasteiger partial charge in [0.25, 0.3) is 0 Å². The Kier molecular flexibility index (Phi) is 4.81. The van der Waals surface area contributed by atoms with Crippen molar-refractivity contribution in [1.82, 2.24) is 10.2 Å². The minimum absolute atomic E-state index is 0.00714. The van der Waals surface area contributed by atoms with Crippen molar-refractivity contribution in [3.05, 3.63) is 12.7 Å². The minimum atomic E-state index is -0.220. The fourth-order valence-corrected chi connectivity index (χ4v) is 3.05. The van der Waals surface area contributed by atoms with Crippen molar-refractivity contribution in [2.24, 2.45) is 11.3 Å². The van der Waals surface area contributed by atoms with Crippen molar-refractivity contribution >= 4 is 11.8 Å². The summed E-state index contributed by atoms with van der Waals surface area (Å²) in [4.78, 5) is 25.6. The first-order valence-electron chi connectivity index (χ1n) is 7.25. The lowest BCUT2D eigenvalue weighted by molar-refractivity contribution is -0.129. The molecule has 2 fully saturated rings. The van der Waals surface area contributed by atoms with E-state index in [2.05, 4.69) is 11.9 Å². The van der Waals surface area contributed by atoms with Crippen LogP contribution in [0.25, 0.3) is 0 Å². The van der Waals surface area contributed by atoms with Crippen LogP contribution in [0, 0.1) is 11.3 Å². The Balaban J connectivity index is 1.81. The third-order valence-corrected chi connectivity index (χ3v) is 4.44. The highest BCUT2D eigenvalue weighted by molar-refractivity contribution is 5.89. The van der Waals surface area contributed by atoms with Gasteiger partial charge in [-0.25, -0.2) is 0 Å². The highest BCUT2D eigenvalue weighted by atomic mass is 16.5. The number of nitrogens with one attached hydrogen (secondary N) is 1. The molecule has 1 saturated carbocycles. The summed E-state index contributed by atoms with van der Waals surface area (Å²) in [6.45, 7) is 6.01. The lowest BCUT2D eigenvalue weighted by Gasteiger charge is -2.41. The molecular weight excluding hydrogens is 256 g/mol. The van der Waals surface area contributed by atoms with Crippen molar-refractivity contribution in [3.8, 4) is 0 Å². The number of hydrogen-bond acceptors (Lipinski definition) is 3. The average molecular weight is 280 g/mol. The summed E-state index contributed by atoms with van der Waals surface area (Å²) < 4.78 is 5.25. The van der Waals surface area contributed by atoms with E-state index >= 15 is 0 Å². The highest BCUT2D eigenvalue weighted by Gasteiger charge is 2.39. The van der Waals surface area contributed by atoms with E-state index in [0.717, 1.165) is 12.8 Å². The Hall–Kier alpha value is -1.36. The molecule has 5 heteroatoms. The summed E-state index contributed by atoms with van der Waals surface area (Å²) in [5, 5.41) is 3.01. The molecule has 2 rings (SSSR count). The number of ether oxygens (including phenoxy) is 1. The van der Waals surface area contributed by atoms with Gasteiger partial charge in [0.2, 0.25) is 11.8 Å². The lowest BCUT2D eigenvalue weighted by Crippen LogP contribution is -2.46. The molecular formula is C15H24N2O3. The monoisotopic (exact) mass is 280 g/mol. The quantitative estimate of drug-likeness (QED) is 0.707. The van der Waals surface area contributed by atoms with Crippen LogP contribution in [0.1, 0.15) is 25.7 Å². The predicted molar refractivity (Wildman–Crippen MR) is 76.1 cm³/mol. The number of carbonyl (C=O) groups excluding carboxylic acids is 2. The van der Waals surface area contributed by atoms with Gasteiger partial charge in [-0.05, 0) is 12.8 Å². The van der Waals surface area contributed by atoms with Crippen molar-refractivity contribution in [2.45, 2.75) is 25.7 Å². The van der Waals surface area contributed by atoms with Crippen LogP contribution < -0.4 is 5.32 Å². The number of carbonyl (C=O) groups is 2. The van der Waals surface area contributed by atoms with E-state index in [-0.39, 0.29) is 23.1 Å². The molecule has 1 heterocycles. The van der Waals surface area contributed by atoms with Gasteiger partial charge in [0.05, 0.1) is 12.5 Å². The maximum Gasteiger partial charge on any atom is 0.225 e. The Labute approximate surface area is 120 Å². The Morgan fingerprint density at radius 3 is 2.90 bits per heavy atom. The third kappa shape index (κ3) is 3.20. The standard InChI is InChI=1S/C15H24N2O3/c1-3-7-17-9-12(8-13(17)18)14(19)16-10-15(11-20-2)5-4-6-15/h3,12H,1,4-11H2,2H3,(H,16,19). The number of hydrogen-bond donors (Lipinski definition) is 1. The first-order valence-corrected chi connectivity index (χ1v) is 7.25. The van der Waals surface area contributed by atoms with Crippen LogP contribution >= 0.6 is 0 Å². The Morgan fingerprint density at radius 1 is 1.60 bits per heavy atom. The van der Waals surface area contributed by atoms with E-state index in [1.54, 1.807) is 18.1 Å². The van der Waals surface area contributed by atoms with Crippen LogP contribution in [-0.4, -0.2) is 50.1 Å². The van der Waals surface area contributed by atoms with Crippen LogP contribution in [0.3, 0.4) is 0 Å². The van der Waals surface area contributed by atoms with Gasteiger partial charge in [0.1, 0.15) is 0 Å². The molecule has 1 atom stereocenters. The fourth-order valence-electron chi connectivity index (χ4n) is 3.05. The molecule has 0 bridgehead atoms. The molecule has 20 heavy (non-hydrogen) atoms. The Bertz CT molecular complexity index is 391. The van der Waals surface area contributed by atoms with Crippen molar-refractivity contribution in [2.75, 3.05) is 33.4 Å². The summed E-state index contributed by atoms with van der Waals surface area (Å²) >= 11 is 0. The zero-order valence-corrected chi connectivity index (χ0v) is 12.2. The molecule has 1 aliphatic heterocycles. The molecule has 1 saturated heterocycles. The van der Waals surface area contributed by atoms with Crippen LogP contribution in [-0.2, 0) is 14.3 Å². The zero-order valence-electron chi connectivity index (χ0n) is 12.2. The molecule has 0 radical (unpaired) electrons.